The topological polar surface area (TPSA) is 50.7 Å². The van der Waals surface area contributed by atoms with Gasteiger partial charge in [-0.05, 0) is 34.9 Å². The third-order valence-electron chi connectivity index (χ3n) is 4.18. The van der Waals surface area contributed by atoms with E-state index in [0.29, 0.717) is 37.8 Å². The van der Waals surface area contributed by atoms with Gasteiger partial charge in [0.25, 0.3) is 0 Å². The molecule has 4 heteroatoms. The zero-order valence-electron chi connectivity index (χ0n) is 17.8. The Morgan fingerprint density at radius 3 is 2.15 bits per heavy atom. The maximum atomic E-state index is 9.77. The molecule has 0 fully saturated rings. The van der Waals surface area contributed by atoms with Crippen molar-refractivity contribution in [1.29, 1.82) is 0 Å². The summed E-state index contributed by atoms with van der Waals surface area (Å²) in [4.78, 5) is 0. The molecule has 1 aromatic rings. The molecule has 0 saturated carbocycles. The van der Waals surface area contributed by atoms with Gasteiger partial charge < -0.3 is 19.9 Å². The third-order valence-corrected chi connectivity index (χ3v) is 4.18. The Morgan fingerprint density at radius 1 is 1.00 bits per heavy atom. The summed E-state index contributed by atoms with van der Waals surface area (Å²) in [6.45, 7) is 17.3. The summed E-state index contributed by atoms with van der Waals surface area (Å²) in [5.41, 5.74) is 1.77. The second-order valence-electron chi connectivity index (χ2n) is 9.29. The largest absolute Gasteiger partial charge is 0.491 e. The first-order valence-corrected chi connectivity index (χ1v) is 9.72. The number of hydrogen-bond acceptors (Lipinski definition) is 4. The minimum atomic E-state index is -0.485. The summed E-state index contributed by atoms with van der Waals surface area (Å²) < 4.78 is 11.2. The van der Waals surface area contributed by atoms with E-state index >= 15 is 0 Å². The van der Waals surface area contributed by atoms with Crippen molar-refractivity contribution < 1.29 is 14.6 Å². The zero-order valence-corrected chi connectivity index (χ0v) is 17.8. The lowest BCUT2D eigenvalue weighted by Crippen LogP contribution is -2.34. The van der Waals surface area contributed by atoms with Crippen LogP contribution in [-0.2, 0) is 10.2 Å². The van der Waals surface area contributed by atoms with Crippen molar-refractivity contribution in [2.75, 3.05) is 26.4 Å². The summed E-state index contributed by atoms with van der Waals surface area (Å²) >= 11 is 0. The maximum Gasteiger partial charge on any atom is 0.119 e. The molecule has 0 aliphatic carbocycles. The lowest BCUT2D eigenvalue weighted by Gasteiger charge is -2.33. The van der Waals surface area contributed by atoms with Crippen LogP contribution >= 0.6 is 0 Å². The van der Waals surface area contributed by atoms with Crippen LogP contribution in [-0.4, -0.2) is 43.6 Å². The van der Waals surface area contributed by atoms with E-state index in [1.54, 1.807) is 0 Å². The summed E-state index contributed by atoms with van der Waals surface area (Å²) in [6.07, 6.45) is 0.643. The van der Waals surface area contributed by atoms with Crippen LogP contribution < -0.4 is 10.1 Å². The number of aliphatic hydroxyl groups excluding tert-OH is 1. The molecule has 1 rings (SSSR count). The van der Waals surface area contributed by atoms with E-state index < -0.39 is 6.10 Å². The van der Waals surface area contributed by atoms with Crippen molar-refractivity contribution >= 4 is 0 Å². The Hall–Kier alpha value is -1.10. The predicted molar refractivity (Wildman–Crippen MR) is 109 cm³/mol. The van der Waals surface area contributed by atoms with Crippen LogP contribution in [0.15, 0.2) is 24.3 Å². The molecule has 0 saturated heterocycles. The molecule has 0 unspecified atom stereocenters. The molecule has 4 nitrogen and oxygen atoms in total. The molecule has 0 aliphatic rings. The Morgan fingerprint density at radius 2 is 1.62 bits per heavy atom. The monoisotopic (exact) mass is 365 g/mol. The smallest absolute Gasteiger partial charge is 0.119 e. The zero-order chi connectivity index (χ0) is 19.8. The van der Waals surface area contributed by atoms with Gasteiger partial charge in [-0.1, -0.05) is 60.6 Å². The Balaban J connectivity index is 2.33. The van der Waals surface area contributed by atoms with Gasteiger partial charge in [0.1, 0.15) is 12.4 Å². The molecule has 0 aromatic heterocycles. The van der Waals surface area contributed by atoms with E-state index in [9.17, 15) is 5.11 Å². The van der Waals surface area contributed by atoms with Crippen LogP contribution in [0.1, 0.15) is 60.5 Å². The maximum absolute atomic E-state index is 9.77. The molecule has 0 aliphatic heterocycles. The molecule has 150 valence electrons. The van der Waals surface area contributed by atoms with Crippen molar-refractivity contribution in [3.05, 3.63) is 29.8 Å². The van der Waals surface area contributed by atoms with Gasteiger partial charge in [-0.3, -0.25) is 0 Å². The van der Waals surface area contributed by atoms with Gasteiger partial charge in [0.2, 0.25) is 0 Å². The number of rotatable bonds is 11. The third kappa shape index (κ3) is 9.56. The number of aliphatic hydroxyl groups is 1. The highest BCUT2D eigenvalue weighted by Crippen LogP contribution is 2.36. The fraction of sp³-hybridized carbons (Fsp3) is 0.727. The van der Waals surface area contributed by atoms with E-state index in [1.165, 1.54) is 5.56 Å². The molecule has 0 spiro atoms. The van der Waals surface area contributed by atoms with Crippen molar-refractivity contribution in [3.63, 3.8) is 0 Å². The van der Waals surface area contributed by atoms with Crippen LogP contribution in [0.4, 0.5) is 0 Å². The van der Waals surface area contributed by atoms with Crippen LogP contribution in [0.5, 0.6) is 5.75 Å². The first-order chi connectivity index (χ1) is 12.0. The second-order valence-corrected chi connectivity index (χ2v) is 9.29. The first kappa shape index (κ1) is 22.9. The number of hydrogen-bond donors (Lipinski definition) is 2. The van der Waals surface area contributed by atoms with Gasteiger partial charge in [0, 0.05) is 12.6 Å². The molecule has 1 aromatic carbocycles. The number of ether oxygens (including phenoxy) is 2. The minimum Gasteiger partial charge on any atom is -0.491 e. The average Bonchev–Trinajstić information content (AvgIpc) is 2.51. The Bertz CT molecular complexity index is 503. The summed E-state index contributed by atoms with van der Waals surface area (Å²) in [5, 5.41) is 13.0. The van der Waals surface area contributed by atoms with Gasteiger partial charge in [0.05, 0.1) is 19.3 Å². The van der Waals surface area contributed by atoms with Crippen molar-refractivity contribution in [1.82, 2.24) is 5.32 Å². The molecule has 2 N–H and O–H groups in total. The molecule has 0 bridgehead atoms. The van der Waals surface area contributed by atoms with Gasteiger partial charge in [-0.2, -0.15) is 0 Å². The fourth-order valence-corrected chi connectivity index (χ4v) is 3.30. The SMILES string of the molecule is CC(C)NC[C@@H](O)COCCOc1ccc(C(C)(C)CC(C)(C)C)cc1. The van der Waals surface area contributed by atoms with E-state index in [4.69, 9.17) is 9.47 Å². The van der Waals surface area contributed by atoms with Crippen LogP contribution in [0.25, 0.3) is 0 Å². The standard InChI is InChI=1S/C22H39NO3/c1-17(2)23-14-19(24)15-25-12-13-26-20-10-8-18(9-11-20)22(6,7)16-21(3,4)5/h8-11,17,19,23-24H,12-16H2,1-7H3/t19-/m1/s1. The van der Waals surface area contributed by atoms with Crippen LogP contribution in [0.2, 0.25) is 0 Å². The van der Waals surface area contributed by atoms with Crippen molar-refractivity contribution in [3.8, 4) is 5.75 Å². The van der Waals surface area contributed by atoms with Crippen molar-refractivity contribution in [2.24, 2.45) is 5.41 Å². The molecule has 0 radical (unpaired) electrons. The van der Waals surface area contributed by atoms with E-state index in [0.717, 1.165) is 12.2 Å². The highest BCUT2D eigenvalue weighted by Gasteiger charge is 2.27. The lowest BCUT2D eigenvalue weighted by molar-refractivity contribution is 0.0244. The van der Waals surface area contributed by atoms with Crippen LogP contribution in [0.3, 0.4) is 0 Å². The average molecular weight is 366 g/mol. The number of benzene rings is 1. The number of nitrogens with one attached hydrogen (secondary N) is 1. The predicted octanol–water partition coefficient (Wildman–Crippen LogP) is 4.15. The van der Waals surface area contributed by atoms with Crippen LogP contribution in [0, 0.1) is 5.41 Å². The van der Waals surface area contributed by atoms with E-state index in [2.05, 4.69) is 65.9 Å². The van der Waals surface area contributed by atoms with Crippen molar-refractivity contribution in [2.45, 2.75) is 72.4 Å². The fourth-order valence-electron chi connectivity index (χ4n) is 3.30. The highest BCUT2D eigenvalue weighted by atomic mass is 16.5. The van der Waals surface area contributed by atoms with Gasteiger partial charge in [-0.25, -0.2) is 0 Å². The minimum absolute atomic E-state index is 0.139. The molecule has 1 atom stereocenters. The molecular weight excluding hydrogens is 326 g/mol. The molecule has 0 heterocycles. The Kier molecular flexibility index (Phi) is 9.08. The molecule has 26 heavy (non-hydrogen) atoms. The summed E-state index contributed by atoms with van der Waals surface area (Å²) in [7, 11) is 0. The van der Waals surface area contributed by atoms with E-state index in [-0.39, 0.29) is 5.41 Å². The Labute approximate surface area is 160 Å². The molecular formula is C22H39NO3. The van der Waals surface area contributed by atoms with E-state index in [1.807, 2.05) is 12.1 Å². The normalized spacial score (nSPS) is 13.9. The molecule has 0 amide bonds. The van der Waals surface area contributed by atoms with Gasteiger partial charge >= 0.3 is 0 Å². The first-order valence-electron chi connectivity index (χ1n) is 9.72. The van der Waals surface area contributed by atoms with Gasteiger partial charge in [-0.15, -0.1) is 0 Å². The lowest BCUT2D eigenvalue weighted by atomic mass is 9.72. The second kappa shape index (κ2) is 10.3. The quantitative estimate of drug-likeness (QED) is 0.578. The van der Waals surface area contributed by atoms with Gasteiger partial charge in [0.15, 0.2) is 0 Å². The summed E-state index contributed by atoms with van der Waals surface area (Å²) in [6, 6.07) is 8.73. The highest BCUT2D eigenvalue weighted by molar-refractivity contribution is 5.31. The summed E-state index contributed by atoms with van der Waals surface area (Å²) in [5.74, 6) is 0.853.